The smallest absolute Gasteiger partial charge is 0.416 e. The maximum atomic E-state index is 13.0. The Kier molecular flexibility index (Phi) is 9.96. The molecule has 3 aromatic carbocycles. The summed E-state index contributed by atoms with van der Waals surface area (Å²) in [6, 6.07) is 8.67. The number of carbonyl (C=O) groups excluding carboxylic acids is 2. The summed E-state index contributed by atoms with van der Waals surface area (Å²) in [5.74, 6) is -3.05. The minimum Gasteiger partial charge on any atom is -0.478 e. The number of rotatable bonds is 7. The van der Waals surface area contributed by atoms with Crippen molar-refractivity contribution < 1.29 is 32.7 Å². The van der Waals surface area contributed by atoms with E-state index in [-0.39, 0.29) is 26.4 Å². The number of anilines is 2. The molecule has 3 aromatic rings. The minimum atomic E-state index is -4.60. The topological polar surface area (TPSA) is 95.5 Å². The number of aromatic carboxylic acids is 1. The number of hydrogen-bond donors (Lipinski definition) is 3. The molecule has 0 spiro atoms. The third kappa shape index (κ3) is 7.25. The Balaban J connectivity index is 1.72. The van der Waals surface area contributed by atoms with Gasteiger partial charge in [-0.3, -0.25) is 9.59 Å². The average molecular weight is 661 g/mol. The number of carboxylic acid groups (broad SMARTS) is 1. The summed E-state index contributed by atoms with van der Waals surface area (Å²) in [6.07, 6.45) is -4.60. The van der Waals surface area contributed by atoms with E-state index >= 15 is 0 Å². The lowest BCUT2D eigenvalue weighted by Crippen LogP contribution is -2.23. The molecule has 1 atom stereocenters. The molecule has 0 bridgehead atoms. The van der Waals surface area contributed by atoms with E-state index in [4.69, 9.17) is 58.0 Å². The first-order valence-corrected chi connectivity index (χ1v) is 13.2. The predicted octanol–water partition coefficient (Wildman–Crippen LogP) is 9.04. The zero-order valence-corrected chi connectivity index (χ0v) is 23.8. The van der Waals surface area contributed by atoms with Crippen LogP contribution in [-0.2, 0) is 11.0 Å². The SMILES string of the molecule is CC(Sc1ccc(NC(=O)c2c(Cl)c(Cl)c(Cl)c(Cl)c2C(=O)O)cc1)C(=O)Nc1cc(C(F)(F)F)ccc1Cl. The van der Waals surface area contributed by atoms with Crippen molar-refractivity contribution in [2.75, 3.05) is 10.6 Å². The molecule has 15 heteroatoms. The summed E-state index contributed by atoms with van der Waals surface area (Å²) in [7, 11) is 0. The molecule has 0 aliphatic heterocycles. The van der Waals surface area contributed by atoms with Gasteiger partial charge in [-0.1, -0.05) is 58.0 Å². The molecule has 0 saturated heterocycles. The molecule has 0 saturated carbocycles. The van der Waals surface area contributed by atoms with Gasteiger partial charge in [0.05, 0.1) is 52.7 Å². The Hall–Kier alpha value is -2.34. The van der Waals surface area contributed by atoms with Crippen LogP contribution >= 0.6 is 69.8 Å². The number of thioether (sulfide) groups is 1. The Morgan fingerprint density at radius 3 is 1.95 bits per heavy atom. The zero-order valence-electron chi connectivity index (χ0n) is 19.2. The highest BCUT2D eigenvalue weighted by atomic mass is 35.5. The van der Waals surface area contributed by atoms with Gasteiger partial charge in [0.15, 0.2) is 0 Å². The van der Waals surface area contributed by atoms with E-state index in [1.165, 1.54) is 12.1 Å². The van der Waals surface area contributed by atoms with Crippen LogP contribution in [0.15, 0.2) is 47.4 Å². The molecule has 0 aliphatic rings. The summed E-state index contributed by atoms with van der Waals surface area (Å²) < 4.78 is 38.9. The van der Waals surface area contributed by atoms with Crippen LogP contribution in [0.1, 0.15) is 33.2 Å². The number of carboxylic acids is 1. The first-order chi connectivity index (χ1) is 18.1. The predicted molar refractivity (Wildman–Crippen MR) is 148 cm³/mol. The van der Waals surface area contributed by atoms with Crippen LogP contribution < -0.4 is 10.6 Å². The first-order valence-electron chi connectivity index (χ1n) is 10.5. The van der Waals surface area contributed by atoms with E-state index < -0.39 is 55.9 Å². The number of carbonyl (C=O) groups is 3. The molecular weight excluding hydrogens is 647 g/mol. The summed E-state index contributed by atoms with van der Waals surface area (Å²) in [5.41, 5.74) is -2.00. The molecular formula is C24H14Cl5F3N2O4S. The lowest BCUT2D eigenvalue weighted by Gasteiger charge is -2.15. The van der Waals surface area contributed by atoms with Crippen molar-refractivity contribution in [1.29, 1.82) is 0 Å². The van der Waals surface area contributed by atoms with Crippen molar-refractivity contribution in [3.05, 3.63) is 84.3 Å². The van der Waals surface area contributed by atoms with E-state index in [0.29, 0.717) is 4.90 Å². The third-order valence-electron chi connectivity index (χ3n) is 5.05. The van der Waals surface area contributed by atoms with Crippen molar-refractivity contribution in [3.8, 4) is 0 Å². The minimum absolute atomic E-state index is 0.0527. The molecule has 0 aliphatic carbocycles. The molecule has 3 N–H and O–H groups in total. The molecule has 2 amide bonds. The highest BCUT2D eigenvalue weighted by Crippen LogP contribution is 2.42. The van der Waals surface area contributed by atoms with E-state index in [9.17, 15) is 32.7 Å². The Labute approximate surface area is 248 Å². The van der Waals surface area contributed by atoms with Gasteiger partial charge < -0.3 is 15.7 Å². The largest absolute Gasteiger partial charge is 0.478 e. The lowest BCUT2D eigenvalue weighted by molar-refractivity contribution is -0.137. The summed E-state index contributed by atoms with van der Waals surface area (Å²) in [5, 5.41) is 12.1. The molecule has 39 heavy (non-hydrogen) atoms. The van der Waals surface area contributed by atoms with Crippen LogP contribution in [0.4, 0.5) is 24.5 Å². The normalized spacial score (nSPS) is 12.1. The van der Waals surface area contributed by atoms with Crippen molar-refractivity contribution in [2.24, 2.45) is 0 Å². The number of amides is 2. The second-order valence-electron chi connectivity index (χ2n) is 7.73. The molecule has 3 rings (SSSR count). The van der Waals surface area contributed by atoms with Crippen LogP contribution in [0, 0.1) is 0 Å². The summed E-state index contributed by atoms with van der Waals surface area (Å²) in [4.78, 5) is 37.7. The van der Waals surface area contributed by atoms with Crippen LogP contribution in [-0.4, -0.2) is 28.1 Å². The fourth-order valence-electron chi connectivity index (χ4n) is 3.15. The standard InChI is InChI=1S/C24H14Cl5F3N2O4S/c1-9(21(35)34-14-8-10(24(30,31)32)2-7-13(14)25)39-12-5-3-11(4-6-12)33-22(36)15-16(23(37)38)18(27)20(29)19(28)17(15)26/h2-9H,1H3,(H,33,36)(H,34,35)(H,37,38). The Morgan fingerprint density at radius 1 is 0.846 bits per heavy atom. The van der Waals surface area contributed by atoms with Gasteiger partial charge in [-0.05, 0) is 49.4 Å². The number of benzene rings is 3. The van der Waals surface area contributed by atoms with Crippen LogP contribution in [0.25, 0.3) is 0 Å². The fourth-order valence-corrected chi connectivity index (χ4v) is 5.20. The second kappa shape index (κ2) is 12.4. The van der Waals surface area contributed by atoms with Gasteiger partial charge in [0.2, 0.25) is 5.91 Å². The molecule has 1 unspecified atom stereocenters. The van der Waals surface area contributed by atoms with Crippen molar-refractivity contribution >= 4 is 98.9 Å². The summed E-state index contributed by atoms with van der Waals surface area (Å²) >= 11 is 31.0. The van der Waals surface area contributed by atoms with Crippen LogP contribution in [0.3, 0.4) is 0 Å². The molecule has 0 fully saturated rings. The molecule has 206 valence electrons. The monoisotopic (exact) mass is 658 g/mol. The van der Waals surface area contributed by atoms with Gasteiger partial charge in [0.25, 0.3) is 5.91 Å². The Morgan fingerprint density at radius 2 is 1.41 bits per heavy atom. The highest BCUT2D eigenvalue weighted by molar-refractivity contribution is 8.00. The van der Waals surface area contributed by atoms with Crippen molar-refractivity contribution in [3.63, 3.8) is 0 Å². The van der Waals surface area contributed by atoms with Crippen molar-refractivity contribution in [1.82, 2.24) is 0 Å². The van der Waals surface area contributed by atoms with E-state index in [1.807, 2.05) is 0 Å². The van der Waals surface area contributed by atoms with Crippen LogP contribution in [0.2, 0.25) is 25.1 Å². The number of nitrogens with one attached hydrogen (secondary N) is 2. The average Bonchev–Trinajstić information content (AvgIpc) is 2.86. The summed E-state index contributed by atoms with van der Waals surface area (Å²) in [6.45, 7) is 1.54. The van der Waals surface area contributed by atoms with E-state index in [0.717, 1.165) is 30.0 Å². The van der Waals surface area contributed by atoms with Crippen molar-refractivity contribution in [2.45, 2.75) is 23.2 Å². The zero-order chi connectivity index (χ0) is 29.2. The van der Waals surface area contributed by atoms with Gasteiger partial charge >= 0.3 is 12.1 Å². The maximum absolute atomic E-state index is 13.0. The van der Waals surface area contributed by atoms with Crippen LogP contribution in [0.5, 0.6) is 0 Å². The van der Waals surface area contributed by atoms with E-state index in [1.54, 1.807) is 19.1 Å². The lowest BCUT2D eigenvalue weighted by atomic mass is 10.1. The van der Waals surface area contributed by atoms with Gasteiger partial charge in [-0.2, -0.15) is 13.2 Å². The number of halogens is 8. The number of hydrogen-bond acceptors (Lipinski definition) is 4. The highest BCUT2D eigenvalue weighted by Gasteiger charge is 2.31. The molecule has 6 nitrogen and oxygen atoms in total. The third-order valence-corrected chi connectivity index (χ3v) is 8.30. The Bertz CT molecular complexity index is 1470. The second-order valence-corrected chi connectivity index (χ2v) is 11.1. The van der Waals surface area contributed by atoms with Gasteiger partial charge in [0, 0.05) is 10.6 Å². The molecule has 0 heterocycles. The fraction of sp³-hybridized carbons (Fsp3) is 0.125. The molecule has 0 radical (unpaired) electrons. The quantitative estimate of drug-likeness (QED) is 0.134. The molecule has 0 aromatic heterocycles. The number of alkyl halides is 3. The van der Waals surface area contributed by atoms with Gasteiger partial charge in [0.1, 0.15) is 0 Å². The first kappa shape index (κ1) is 31.2. The maximum Gasteiger partial charge on any atom is 0.416 e. The van der Waals surface area contributed by atoms with E-state index in [2.05, 4.69) is 10.6 Å². The van der Waals surface area contributed by atoms with Gasteiger partial charge in [-0.25, -0.2) is 4.79 Å². The van der Waals surface area contributed by atoms with Gasteiger partial charge in [-0.15, -0.1) is 11.8 Å².